The number of ether oxygens (including phenoxy) is 2. The van der Waals surface area contributed by atoms with Crippen molar-refractivity contribution in [2.45, 2.75) is 66.1 Å². The number of unbranched alkanes of at least 4 members (excludes halogenated alkanes) is 2. The Labute approximate surface area is 95.3 Å². The van der Waals surface area contributed by atoms with E-state index >= 15 is 0 Å². The molecule has 0 aliphatic carbocycles. The summed E-state index contributed by atoms with van der Waals surface area (Å²) in [7, 11) is 0. The van der Waals surface area contributed by atoms with E-state index in [9.17, 15) is 0 Å². The lowest BCUT2D eigenvalue weighted by atomic mass is 10.0. The second kappa shape index (κ2) is 8.12. The van der Waals surface area contributed by atoms with Gasteiger partial charge in [-0.1, -0.05) is 40.5 Å². The fraction of sp³-hybridized carbons (Fsp3) is 1.00. The Morgan fingerprint density at radius 1 is 0.933 bits per heavy atom. The van der Waals surface area contributed by atoms with Crippen LogP contribution < -0.4 is 0 Å². The van der Waals surface area contributed by atoms with Gasteiger partial charge in [-0.2, -0.15) is 0 Å². The standard InChI is InChI=1S/C13H28O2/c1-6-8-10-14-13(5,12(3)4)15-11-9-7-2/h12H,6-11H2,1-5H3. The van der Waals surface area contributed by atoms with E-state index < -0.39 is 5.79 Å². The normalized spacial score (nSPS) is 12.4. The molecule has 0 aromatic carbocycles. The Hall–Kier alpha value is -0.0800. The molecule has 0 atom stereocenters. The average molecular weight is 216 g/mol. The van der Waals surface area contributed by atoms with Crippen LogP contribution in [0.15, 0.2) is 0 Å². The molecule has 0 heterocycles. The highest BCUT2D eigenvalue weighted by molar-refractivity contribution is 4.67. The van der Waals surface area contributed by atoms with Crippen LogP contribution >= 0.6 is 0 Å². The molecule has 15 heavy (non-hydrogen) atoms. The van der Waals surface area contributed by atoms with Gasteiger partial charge in [-0.05, 0) is 19.8 Å². The molecule has 0 amide bonds. The minimum Gasteiger partial charge on any atom is -0.350 e. The average Bonchev–Trinajstić information content (AvgIpc) is 2.18. The zero-order chi connectivity index (χ0) is 11.7. The van der Waals surface area contributed by atoms with Crippen LogP contribution in [-0.4, -0.2) is 19.0 Å². The van der Waals surface area contributed by atoms with E-state index in [1.165, 1.54) is 12.8 Å². The predicted molar refractivity (Wildman–Crippen MR) is 65.0 cm³/mol. The van der Waals surface area contributed by atoms with Gasteiger partial charge in [0.05, 0.1) is 13.2 Å². The number of hydrogen-bond donors (Lipinski definition) is 0. The van der Waals surface area contributed by atoms with Gasteiger partial charge in [-0.3, -0.25) is 0 Å². The van der Waals surface area contributed by atoms with Gasteiger partial charge in [0, 0.05) is 5.92 Å². The monoisotopic (exact) mass is 216 g/mol. The Kier molecular flexibility index (Phi) is 8.07. The number of rotatable bonds is 9. The summed E-state index contributed by atoms with van der Waals surface area (Å²) in [6, 6.07) is 0. The van der Waals surface area contributed by atoms with Crippen molar-refractivity contribution in [1.29, 1.82) is 0 Å². The fourth-order valence-electron chi connectivity index (χ4n) is 1.21. The van der Waals surface area contributed by atoms with Gasteiger partial charge in [0.25, 0.3) is 0 Å². The first-order valence-corrected chi connectivity index (χ1v) is 6.34. The molecule has 0 N–H and O–H groups in total. The molecular weight excluding hydrogens is 188 g/mol. The van der Waals surface area contributed by atoms with E-state index in [0.29, 0.717) is 5.92 Å². The second-order valence-electron chi connectivity index (χ2n) is 4.57. The van der Waals surface area contributed by atoms with Gasteiger partial charge in [-0.15, -0.1) is 0 Å². The Morgan fingerprint density at radius 2 is 1.33 bits per heavy atom. The summed E-state index contributed by atoms with van der Waals surface area (Å²) in [4.78, 5) is 0. The molecule has 0 fully saturated rings. The summed E-state index contributed by atoms with van der Waals surface area (Å²) in [5.41, 5.74) is 0. The maximum atomic E-state index is 5.86. The van der Waals surface area contributed by atoms with E-state index in [1.807, 2.05) is 0 Å². The molecular formula is C13H28O2. The first-order valence-electron chi connectivity index (χ1n) is 6.34. The van der Waals surface area contributed by atoms with Crippen LogP contribution in [-0.2, 0) is 9.47 Å². The van der Waals surface area contributed by atoms with E-state index in [4.69, 9.17) is 9.47 Å². The van der Waals surface area contributed by atoms with Gasteiger partial charge in [0.15, 0.2) is 5.79 Å². The van der Waals surface area contributed by atoms with Gasteiger partial charge in [0.1, 0.15) is 0 Å². The first-order chi connectivity index (χ1) is 7.06. The number of hydrogen-bond acceptors (Lipinski definition) is 2. The molecule has 2 heteroatoms. The lowest BCUT2D eigenvalue weighted by molar-refractivity contribution is -0.250. The predicted octanol–water partition coefficient (Wildman–Crippen LogP) is 3.99. The van der Waals surface area contributed by atoms with Crippen LogP contribution in [0.1, 0.15) is 60.3 Å². The third-order valence-corrected chi connectivity index (χ3v) is 2.82. The Morgan fingerprint density at radius 3 is 1.60 bits per heavy atom. The van der Waals surface area contributed by atoms with Crippen LogP contribution in [0.3, 0.4) is 0 Å². The first kappa shape index (κ1) is 14.9. The van der Waals surface area contributed by atoms with Crippen LogP contribution in [0.25, 0.3) is 0 Å². The summed E-state index contributed by atoms with van der Waals surface area (Å²) >= 11 is 0. The smallest absolute Gasteiger partial charge is 0.167 e. The molecule has 0 saturated carbocycles. The topological polar surface area (TPSA) is 18.5 Å². The minimum atomic E-state index is -0.398. The van der Waals surface area contributed by atoms with Crippen molar-refractivity contribution in [2.75, 3.05) is 13.2 Å². The molecule has 0 bridgehead atoms. The van der Waals surface area contributed by atoms with Crippen LogP contribution in [0.2, 0.25) is 0 Å². The molecule has 92 valence electrons. The molecule has 0 aromatic heterocycles. The highest BCUT2D eigenvalue weighted by Crippen LogP contribution is 2.23. The zero-order valence-electron chi connectivity index (χ0n) is 11.1. The van der Waals surface area contributed by atoms with E-state index in [0.717, 1.165) is 26.1 Å². The zero-order valence-corrected chi connectivity index (χ0v) is 11.1. The summed E-state index contributed by atoms with van der Waals surface area (Å²) in [6.45, 7) is 12.3. The third-order valence-electron chi connectivity index (χ3n) is 2.82. The van der Waals surface area contributed by atoms with Crippen molar-refractivity contribution in [1.82, 2.24) is 0 Å². The quantitative estimate of drug-likeness (QED) is 0.428. The molecule has 0 aliphatic heterocycles. The Bertz CT molecular complexity index is 133. The molecule has 0 radical (unpaired) electrons. The maximum absolute atomic E-state index is 5.86. The lowest BCUT2D eigenvalue weighted by Crippen LogP contribution is -2.38. The molecule has 0 spiro atoms. The summed E-state index contributed by atoms with van der Waals surface area (Å²) in [5, 5.41) is 0. The lowest BCUT2D eigenvalue weighted by Gasteiger charge is -2.34. The largest absolute Gasteiger partial charge is 0.350 e. The molecule has 0 rings (SSSR count). The molecule has 0 saturated heterocycles. The maximum Gasteiger partial charge on any atom is 0.167 e. The molecule has 2 nitrogen and oxygen atoms in total. The molecule has 0 aromatic rings. The Balaban J connectivity index is 3.95. The van der Waals surface area contributed by atoms with Crippen molar-refractivity contribution in [2.24, 2.45) is 5.92 Å². The van der Waals surface area contributed by atoms with Crippen molar-refractivity contribution in [3.05, 3.63) is 0 Å². The molecule has 0 unspecified atom stereocenters. The van der Waals surface area contributed by atoms with Crippen molar-refractivity contribution in [3.8, 4) is 0 Å². The highest BCUT2D eigenvalue weighted by atomic mass is 16.7. The highest BCUT2D eigenvalue weighted by Gasteiger charge is 2.29. The second-order valence-corrected chi connectivity index (χ2v) is 4.57. The van der Waals surface area contributed by atoms with Crippen LogP contribution in [0.5, 0.6) is 0 Å². The van der Waals surface area contributed by atoms with Crippen molar-refractivity contribution in [3.63, 3.8) is 0 Å². The SMILES string of the molecule is CCCCOC(C)(OCCCC)C(C)C. The van der Waals surface area contributed by atoms with Gasteiger partial charge in [0.2, 0.25) is 0 Å². The van der Waals surface area contributed by atoms with Gasteiger partial charge in [-0.25, -0.2) is 0 Å². The third kappa shape index (κ3) is 6.16. The van der Waals surface area contributed by atoms with Crippen molar-refractivity contribution < 1.29 is 9.47 Å². The minimum absolute atomic E-state index is 0.395. The summed E-state index contributed by atoms with van der Waals surface area (Å²) in [6.07, 6.45) is 4.56. The summed E-state index contributed by atoms with van der Waals surface area (Å²) < 4.78 is 11.7. The van der Waals surface area contributed by atoms with Gasteiger partial charge < -0.3 is 9.47 Å². The van der Waals surface area contributed by atoms with E-state index in [-0.39, 0.29) is 0 Å². The van der Waals surface area contributed by atoms with Gasteiger partial charge >= 0.3 is 0 Å². The molecule has 0 aliphatic rings. The van der Waals surface area contributed by atoms with Crippen LogP contribution in [0, 0.1) is 5.92 Å². The van der Waals surface area contributed by atoms with Crippen LogP contribution in [0.4, 0.5) is 0 Å². The van der Waals surface area contributed by atoms with E-state index in [1.54, 1.807) is 0 Å². The fourth-order valence-corrected chi connectivity index (χ4v) is 1.21. The summed E-state index contributed by atoms with van der Waals surface area (Å²) in [5.74, 6) is -0.00383. The van der Waals surface area contributed by atoms with Crippen molar-refractivity contribution >= 4 is 0 Å². The van der Waals surface area contributed by atoms with E-state index in [2.05, 4.69) is 34.6 Å².